The lowest BCUT2D eigenvalue weighted by Crippen LogP contribution is -2.47. The van der Waals surface area contributed by atoms with E-state index in [4.69, 9.17) is 10.3 Å². The van der Waals surface area contributed by atoms with Crippen LogP contribution in [0.3, 0.4) is 0 Å². The molecule has 130 valence electrons. The normalized spacial score (nSPS) is 22.2. The van der Waals surface area contributed by atoms with Crippen LogP contribution in [-0.2, 0) is 19.6 Å². The zero-order valence-corrected chi connectivity index (χ0v) is 14.6. The van der Waals surface area contributed by atoms with Crippen LogP contribution in [0.15, 0.2) is 34.9 Å². The van der Waals surface area contributed by atoms with Crippen LogP contribution in [0.5, 0.6) is 0 Å². The van der Waals surface area contributed by atoms with Crippen LogP contribution in [-0.4, -0.2) is 45.6 Å². The molecule has 24 heavy (non-hydrogen) atoms. The van der Waals surface area contributed by atoms with Crippen LogP contribution in [0.4, 0.5) is 0 Å². The third kappa shape index (κ3) is 4.20. The Labute approximate surface area is 143 Å². The van der Waals surface area contributed by atoms with E-state index in [1.807, 2.05) is 0 Å². The topological polar surface area (TPSA) is 71.4 Å². The lowest BCUT2D eigenvalue weighted by atomic mass is 9.96. The maximum absolute atomic E-state index is 5.52. The fraction of sp³-hybridized carbons (Fsp3) is 0.556. The minimum atomic E-state index is 0.297. The van der Waals surface area contributed by atoms with Gasteiger partial charge in [0.05, 0.1) is 13.1 Å². The minimum Gasteiger partial charge on any atom is -0.338 e. The van der Waals surface area contributed by atoms with Gasteiger partial charge in [-0.1, -0.05) is 35.5 Å². The van der Waals surface area contributed by atoms with Gasteiger partial charge in [-0.15, -0.1) is 0 Å². The summed E-state index contributed by atoms with van der Waals surface area (Å²) in [5.74, 6) is 1.22. The standard InChI is InChI=1S/C18H27N5O/c1-14-10-16(22(2)13-17-20-18(11-19)24-21-17)8-9-23(14)12-15-6-4-3-5-7-15/h3-7,14,16H,8-13,19H2,1-2H3. The Morgan fingerprint density at radius 3 is 2.79 bits per heavy atom. The molecule has 1 aromatic carbocycles. The molecule has 2 atom stereocenters. The molecule has 2 N–H and O–H groups in total. The van der Waals surface area contributed by atoms with E-state index in [9.17, 15) is 0 Å². The molecule has 0 saturated carbocycles. The van der Waals surface area contributed by atoms with Gasteiger partial charge in [-0.3, -0.25) is 9.80 Å². The van der Waals surface area contributed by atoms with Gasteiger partial charge in [0.2, 0.25) is 5.89 Å². The highest BCUT2D eigenvalue weighted by atomic mass is 16.5. The van der Waals surface area contributed by atoms with Crippen molar-refractivity contribution in [3.8, 4) is 0 Å². The average molecular weight is 329 g/mol. The zero-order valence-electron chi connectivity index (χ0n) is 14.6. The number of rotatable bonds is 6. The maximum Gasteiger partial charge on any atom is 0.240 e. The summed E-state index contributed by atoms with van der Waals surface area (Å²) in [5, 5.41) is 3.99. The van der Waals surface area contributed by atoms with Gasteiger partial charge in [0.1, 0.15) is 0 Å². The van der Waals surface area contributed by atoms with Crippen molar-refractivity contribution in [2.45, 2.75) is 51.5 Å². The lowest BCUT2D eigenvalue weighted by Gasteiger charge is -2.41. The number of nitrogens with two attached hydrogens (primary N) is 1. The molecule has 3 rings (SSSR count). The van der Waals surface area contributed by atoms with Crippen molar-refractivity contribution < 1.29 is 4.52 Å². The van der Waals surface area contributed by atoms with Crippen molar-refractivity contribution in [3.63, 3.8) is 0 Å². The highest BCUT2D eigenvalue weighted by molar-refractivity contribution is 5.14. The third-order valence-electron chi connectivity index (χ3n) is 4.91. The van der Waals surface area contributed by atoms with Crippen molar-refractivity contribution in [2.75, 3.05) is 13.6 Å². The lowest BCUT2D eigenvalue weighted by molar-refractivity contribution is 0.0757. The molecular formula is C18H27N5O. The Hall–Kier alpha value is -1.76. The Morgan fingerprint density at radius 2 is 2.12 bits per heavy atom. The molecule has 1 aromatic heterocycles. The van der Waals surface area contributed by atoms with E-state index in [1.54, 1.807) is 0 Å². The molecule has 6 nitrogen and oxygen atoms in total. The number of aromatic nitrogens is 2. The smallest absolute Gasteiger partial charge is 0.240 e. The summed E-state index contributed by atoms with van der Waals surface area (Å²) in [6.07, 6.45) is 2.32. The summed E-state index contributed by atoms with van der Waals surface area (Å²) < 4.78 is 5.09. The van der Waals surface area contributed by atoms with Gasteiger partial charge < -0.3 is 10.3 Å². The van der Waals surface area contributed by atoms with Crippen LogP contribution >= 0.6 is 0 Å². The van der Waals surface area contributed by atoms with E-state index in [1.165, 1.54) is 5.56 Å². The molecule has 0 spiro atoms. The molecule has 0 amide bonds. The molecule has 6 heteroatoms. The van der Waals surface area contributed by atoms with Gasteiger partial charge >= 0.3 is 0 Å². The second-order valence-electron chi connectivity index (χ2n) is 6.71. The van der Waals surface area contributed by atoms with E-state index < -0.39 is 0 Å². The molecule has 0 bridgehead atoms. The van der Waals surface area contributed by atoms with Gasteiger partial charge in [0.15, 0.2) is 5.82 Å². The van der Waals surface area contributed by atoms with Crippen molar-refractivity contribution >= 4 is 0 Å². The summed E-state index contributed by atoms with van der Waals surface area (Å²) in [4.78, 5) is 9.20. The summed E-state index contributed by atoms with van der Waals surface area (Å²) in [6, 6.07) is 11.8. The van der Waals surface area contributed by atoms with Gasteiger partial charge in [-0.05, 0) is 32.4 Å². The minimum absolute atomic E-state index is 0.297. The first-order valence-electron chi connectivity index (χ1n) is 8.65. The SMILES string of the molecule is CC1CC(N(C)Cc2noc(CN)n2)CCN1Cc1ccccc1. The molecular weight excluding hydrogens is 302 g/mol. The highest BCUT2D eigenvalue weighted by Crippen LogP contribution is 2.23. The quantitative estimate of drug-likeness (QED) is 0.874. The number of piperidine rings is 1. The van der Waals surface area contributed by atoms with Gasteiger partial charge in [-0.2, -0.15) is 4.98 Å². The second-order valence-corrected chi connectivity index (χ2v) is 6.71. The molecule has 1 aliphatic heterocycles. The number of hydrogen-bond donors (Lipinski definition) is 1. The van der Waals surface area contributed by atoms with Gasteiger partial charge in [0, 0.05) is 25.2 Å². The van der Waals surface area contributed by atoms with Crippen LogP contribution < -0.4 is 5.73 Å². The molecule has 1 aliphatic rings. The van der Waals surface area contributed by atoms with Crippen molar-refractivity contribution in [1.82, 2.24) is 19.9 Å². The summed E-state index contributed by atoms with van der Waals surface area (Å²) in [6.45, 7) is 5.48. The van der Waals surface area contributed by atoms with Crippen molar-refractivity contribution in [1.29, 1.82) is 0 Å². The van der Waals surface area contributed by atoms with E-state index in [-0.39, 0.29) is 0 Å². The number of likely N-dealkylation sites (tertiary alicyclic amines) is 1. The van der Waals surface area contributed by atoms with E-state index in [0.29, 0.717) is 31.1 Å². The Bertz CT molecular complexity index is 629. The Balaban J connectivity index is 1.52. The van der Waals surface area contributed by atoms with Crippen molar-refractivity contribution in [3.05, 3.63) is 47.6 Å². The second kappa shape index (κ2) is 7.88. The number of nitrogens with zero attached hydrogens (tertiary/aromatic N) is 4. The highest BCUT2D eigenvalue weighted by Gasteiger charge is 2.28. The molecule has 2 unspecified atom stereocenters. The third-order valence-corrected chi connectivity index (χ3v) is 4.91. The summed E-state index contributed by atoms with van der Waals surface area (Å²) >= 11 is 0. The molecule has 2 heterocycles. The fourth-order valence-electron chi connectivity index (χ4n) is 3.44. The molecule has 1 saturated heterocycles. The van der Waals surface area contributed by atoms with E-state index in [2.05, 4.69) is 64.2 Å². The first-order valence-corrected chi connectivity index (χ1v) is 8.65. The predicted octanol–water partition coefficient (Wildman–Crippen LogP) is 2.01. The Morgan fingerprint density at radius 1 is 1.33 bits per heavy atom. The molecule has 2 aromatic rings. The first-order chi connectivity index (χ1) is 11.7. The summed E-state index contributed by atoms with van der Waals surface area (Å²) in [5.41, 5.74) is 6.90. The Kier molecular flexibility index (Phi) is 5.60. The van der Waals surface area contributed by atoms with Crippen LogP contribution in [0.1, 0.15) is 37.0 Å². The first kappa shape index (κ1) is 17.1. The average Bonchev–Trinajstić information content (AvgIpc) is 3.05. The van der Waals surface area contributed by atoms with Crippen LogP contribution in [0.2, 0.25) is 0 Å². The summed E-state index contributed by atoms with van der Waals surface area (Å²) in [7, 11) is 2.14. The monoisotopic (exact) mass is 329 g/mol. The van der Waals surface area contributed by atoms with Crippen molar-refractivity contribution in [2.24, 2.45) is 5.73 Å². The van der Waals surface area contributed by atoms with Crippen LogP contribution in [0, 0.1) is 0 Å². The fourth-order valence-corrected chi connectivity index (χ4v) is 3.44. The van der Waals surface area contributed by atoms with E-state index >= 15 is 0 Å². The molecule has 0 radical (unpaired) electrons. The number of benzene rings is 1. The number of hydrogen-bond acceptors (Lipinski definition) is 6. The molecule has 0 aliphatic carbocycles. The van der Waals surface area contributed by atoms with E-state index in [0.717, 1.165) is 31.8 Å². The zero-order chi connectivity index (χ0) is 16.9. The van der Waals surface area contributed by atoms with Crippen LogP contribution in [0.25, 0.3) is 0 Å². The maximum atomic E-state index is 5.52. The predicted molar refractivity (Wildman–Crippen MR) is 93.0 cm³/mol. The largest absolute Gasteiger partial charge is 0.338 e. The van der Waals surface area contributed by atoms with Gasteiger partial charge in [-0.25, -0.2) is 0 Å². The molecule has 1 fully saturated rings. The van der Waals surface area contributed by atoms with Gasteiger partial charge in [0.25, 0.3) is 0 Å².